The molecule has 0 spiro atoms. The van der Waals surface area contributed by atoms with Crippen molar-refractivity contribution in [1.29, 1.82) is 0 Å². The van der Waals surface area contributed by atoms with E-state index in [2.05, 4.69) is 20.2 Å². The van der Waals surface area contributed by atoms with Crippen molar-refractivity contribution in [2.24, 2.45) is 0 Å². The first-order valence-electron chi connectivity index (χ1n) is 5.41. The molecule has 0 bridgehead atoms. The number of hydrogen-bond donors (Lipinski definition) is 1. The zero-order valence-corrected chi connectivity index (χ0v) is 10.5. The second-order valence-electron chi connectivity index (χ2n) is 4.81. The molecule has 0 radical (unpaired) electrons. The molecule has 0 atom stereocenters. The van der Waals surface area contributed by atoms with Crippen LogP contribution in [0.5, 0.6) is 0 Å². The second kappa shape index (κ2) is 5.55. The fourth-order valence-corrected chi connectivity index (χ4v) is 1.08. The van der Waals surface area contributed by atoms with Crippen molar-refractivity contribution in [1.82, 2.24) is 10.1 Å². The Morgan fingerprint density at radius 3 is 2.50 bits per heavy atom. The van der Waals surface area contributed by atoms with E-state index in [1.165, 1.54) is 0 Å². The monoisotopic (exact) mass is 267 g/mol. The second-order valence-corrected chi connectivity index (χ2v) is 4.81. The van der Waals surface area contributed by atoms with Crippen LogP contribution in [0.15, 0.2) is 4.52 Å². The fourth-order valence-electron chi connectivity index (χ4n) is 1.08. The van der Waals surface area contributed by atoms with Crippen LogP contribution in [0, 0.1) is 0 Å². The number of halogens is 3. The molecule has 1 rings (SSSR count). The highest BCUT2D eigenvalue weighted by Gasteiger charge is 2.27. The number of hydrogen-bond acceptors (Lipinski definition) is 5. The van der Waals surface area contributed by atoms with Crippen LogP contribution in [0.2, 0.25) is 0 Å². The smallest absolute Gasteiger partial charge is 0.372 e. The van der Waals surface area contributed by atoms with E-state index in [1.807, 2.05) is 20.8 Å². The standard InChI is InChI=1S/C10H16F3N3O2/c1-9(2,3)15-8-14-7(16-18-8)4-5-17-6-10(11,12)13/h4-6H2,1-3H3,(H,14,15,16). The van der Waals surface area contributed by atoms with Crippen molar-refractivity contribution in [3.63, 3.8) is 0 Å². The van der Waals surface area contributed by atoms with Gasteiger partial charge in [0, 0.05) is 12.0 Å². The molecule has 0 aliphatic heterocycles. The predicted molar refractivity (Wildman–Crippen MR) is 58.3 cm³/mol. The average molecular weight is 267 g/mol. The third kappa shape index (κ3) is 6.43. The van der Waals surface area contributed by atoms with Gasteiger partial charge in [-0.15, -0.1) is 0 Å². The van der Waals surface area contributed by atoms with Crippen LogP contribution in [-0.4, -0.2) is 35.1 Å². The zero-order valence-electron chi connectivity index (χ0n) is 10.5. The molecule has 1 heterocycles. The lowest BCUT2D eigenvalue weighted by atomic mass is 10.1. The van der Waals surface area contributed by atoms with E-state index in [9.17, 15) is 13.2 Å². The normalized spacial score (nSPS) is 12.8. The van der Waals surface area contributed by atoms with E-state index in [0.29, 0.717) is 5.82 Å². The maximum Gasteiger partial charge on any atom is 0.411 e. The lowest BCUT2D eigenvalue weighted by Crippen LogP contribution is -2.26. The van der Waals surface area contributed by atoms with Crippen LogP contribution in [0.3, 0.4) is 0 Å². The molecule has 0 fully saturated rings. The number of ether oxygens (including phenoxy) is 1. The molecule has 0 saturated carbocycles. The Kier molecular flexibility index (Phi) is 4.55. The summed E-state index contributed by atoms with van der Waals surface area (Å²) >= 11 is 0. The maximum atomic E-state index is 11.8. The number of anilines is 1. The molecule has 0 saturated heterocycles. The minimum atomic E-state index is -4.31. The molecule has 0 amide bonds. The van der Waals surface area contributed by atoms with E-state index in [4.69, 9.17) is 4.52 Å². The van der Waals surface area contributed by atoms with Crippen LogP contribution < -0.4 is 5.32 Å². The van der Waals surface area contributed by atoms with E-state index in [0.717, 1.165) is 0 Å². The third-order valence-electron chi connectivity index (χ3n) is 1.69. The predicted octanol–water partition coefficient (Wildman–Crippen LogP) is 2.40. The molecular weight excluding hydrogens is 251 g/mol. The van der Waals surface area contributed by atoms with Gasteiger partial charge in [0.15, 0.2) is 5.82 Å². The molecule has 1 aromatic heterocycles. The Morgan fingerprint density at radius 1 is 1.28 bits per heavy atom. The Hall–Kier alpha value is -1.31. The summed E-state index contributed by atoms with van der Waals surface area (Å²) < 4.78 is 44.7. The van der Waals surface area contributed by atoms with E-state index < -0.39 is 12.8 Å². The molecule has 0 aliphatic carbocycles. The SMILES string of the molecule is CC(C)(C)Nc1nc(CCOCC(F)(F)F)no1. The van der Waals surface area contributed by atoms with Gasteiger partial charge in [0.25, 0.3) is 0 Å². The Morgan fingerprint density at radius 2 is 1.94 bits per heavy atom. The summed E-state index contributed by atoms with van der Waals surface area (Å²) in [5.74, 6) is 0.309. The summed E-state index contributed by atoms with van der Waals surface area (Å²) in [6.07, 6.45) is -4.14. The molecule has 8 heteroatoms. The Balaban J connectivity index is 2.32. The van der Waals surface area contributed by atoms with Gasteiger partial charge < -0.3 is 14.6 Å². The molecule has 0 aliphatic rings. The Labute approximate surface area is 103 Å². The van der Waals surface area contributed by atoms with Crippen LogP contribution in [0.25, 0.3) is 0 Å². The first-order chi connectivity index (χ1) is 8.16. The van der Waals surface area contributed by atoms with Gasteiger partial charge in [-0.2, -0.15) is 18.2 Å². The summed E-state index contributed by atoms with van der Waals surface area (Å²) in [6.45, 7) is 4.39. The van der Waals surface area contributed by atoms with Crippen molar-refractivity contribution in [3.05, 3.63) is 5.82 Å². The largest absolute Gasteiger partial charge is 0.411 e. The zero-order chi connectivity index (χ0) is 13.8. The highest BCUT2D eigenvalue weighted by Crippen LogP contribution is 2.15. The van der Waals surface area contributed by atoms with E-state index >= 15 is 0 Å². The molecular formula is C10H16F3N3O2. The minimum absolute atomic E-state index is 0.103. The van der Waals surface area contributed by atoms with E-state index in [1.54, 1.807) is 0 Å². The van der Waals surface area contributed by atoms with Crippen molar-refractivity contribution < 1.29 is 22.4 Å². The quantitative estimate of drug-likeness (QED) is 0.830. The Bertz CT molecular complexity index is 371. The minimum Gasteiger partial charge on any atom is -0.372 e. The summed E-state index contributed by atoms with van der Waals surface area (Å²) in [5.41, 5.74) is -0.226. The summed E-state index contributed by atoms with van der Waals surface area (Å²) in [4.78, 5) is 3.98. The molecule has 18 heavy (non-hydrogen) atoms. The van der Waals surface area contributed by atoms with Crippen LogP contribution in [0.4, 0.5) is 19.2 Å². The van der Waals surface area contributed by atoms with Gasteiger partial charge in [-0.1, -0.05) is 5.16 Å². The fraction of sp³-hybridized carbons (Fsp3) is 0.800. The lowest BCUT2D eigenvalue weighted by molar-refractivity contribution is -0.173. The number of aromatic nitrogens is 2. The van der Waals surface area contributed by atoms with E-state index in [-0.39, 0.29) is 24.6 Å². The molecule has 0 unspecified atom stereocenters. The lowest BCUT2D eigenvalue weighted by Gasteiger charge is -2.17. The molecule has 1 aromatic rings. The number of alkyl halides is 3. The molecule has 0 aromatic carbocycles. The highest BCUT2D eigenvalue weighted by molar-refractivity contribution is 5.22. The molecule has 104 valence electrons. The summed E-state index contributed by atoms with van der Waals surface area (Å²) in [5, 5.41) is 6.58. The van der Waals surface area contributed by atoms with Crippen LogP contribution >= 0.6 is 0 Å². The van der Waals surface area contributed by atoms with Crippen molar-refractivity contribution in [2.45, 2.75) is 38.9 Å². The number of nitrogens with one attached hydrogen (secondary N) is 1. The van der Waals surface area contributed by atoms with Gasteiger partial charge in [-0.3, -0.25) is 0 Å². The van der Waals surface area contributed by atoms with Crippen LogP contribution in [0.1, 0.15) is 26.6 Å². The topological polar surface area (TPSA) is 60.2 Å². The number of nitrogens with zero attached hydrogens (tertiary/aromatic N) is 2. The number of rotatable bonds is 5. The van der Waals surface area contributed by atoms with Gasteiger partial charge in [0.1, 0.15) is 6.61 Å². The first-order valence-corrected chi connectivity index (χ1v) is 5.41. The van der Waals surface area contributed by atoms with Gasteiger partial charge in [0.05, 0.1) is 6.61 Å². The summed E-state index contributed by atoms with van der Waals surface area (Å²) in [6, 6.07) is 0.244. The van der Waals surface area contributed by atoms with Gasteiger partial charge in [-0.05, 0) is 20.8 Å². The molecule has 5 nitrogen and oxygen atoms in total. The maximum absolute atomic E-state index is 11.8. The van der Waals surface area contributed by atoms with Gasteiger partial charge >= 0.3 is 12.2 Å². The van der Waals surface area contributed by atoms with Crippen LogP contribution in [-0.2, 0) is 11.2 Å². The van der Waals surface area contributed by atoms with Crippen molar-refractivity contribution in [2.75, 3.05) is 18.5 Å². The van der Waals surface area contributed by atoms with Crippen molar-refractivity contribution >= 4 is 6.01 Å². The first kappa shape index (κ1) is 14.7. The van der Waals surface area contributed by atoms with Gasteiger partial charge in [0.2, 0.25) is 0 Å². The van der Waals surface area contributed by atoms with Crippen molar-refractivity contribution in [3.8, 4) is 0 Å². The summed E-state index contributed by atoms with van der Waals surface area (Å²) in [7, 11) is 0. The highest BCUT2D eigenvalue weighted by atomic mass is 19.4. The average Bonchev–Trinajstić information content (AvgIpc) is 2.56. The molecule has 1 N–H and O–H groups in total. The van der Waals surface area contributed by atoms with Gasteiger partial charge in [-0.25, -0.2) is 0 Å². The third-order valence-corrected chi connectivity index (χ3v) is 1.69.